The molecule has 0 spiro atoms. The number of amides is 2. The van der Waals surface area contributed by atoms with Gasteiger partial charge in [0.2, 0.25) is 11.8 Å². The van der Waals surface area contributed by atoms with E-state index in [1.54, 1.807) is 0 Å². The van der Waals surface area contributed by atoms with E-state index in [-0.39, 0.29) is 11.8 Å². The number of nitrogens with one attached hydrogen (secondary N) is 2. The molecule has 2 N–H and O–H groups in total. The van der Waals surface area contributed by atoms with Crippen molar-refractivity contribution in [3.8, 4) is 0 Å². The summed E-state index contributed by atoms with van der Waals surface area (Å²) in [5.74, 6) is 0.212. The highest BCUT2D eigenvalue weighted by Crippen LogP contribution is 2.15. The summed E-state index contributed by atoms with van der Waals surface area (Å²) in [5.41, 5.74) is 16.5. The van der Waals surface area contributed by atoms with Crippen molar-refractivity contribution in [2.24, 2.45) is 10.2 Å². The quantitative estimate of drug-likeness (QED) is 0.0264. The number of carbonyl (C=O) groups excluding carboxylic acids is 2. The van der Waals surface area contributed by atoms with Crippen LogP contribution < -0.4 is 10.6 Å². The SMILES string of the molecule is [N-]=[N+]=NCCCCCCCCCCCCCCCCCC(=O)NCCOCCOCCOCCOCCNC(=O)CCCCCCCCCCCCCCCCCN=[N+]=[N-]. The molecular formula is C46H90N8O6. The Labute approximate surface area is 365 Å². The molecule has 0 fully saturated rings. The molecule has 0 aliphatic rings. The summed E-state index contributed by atoms with van der Waals surface area (Å²) in [6.45, 7) is 6.23. The molecule has 0 bridgehead atoms. The van der Waals surface area contributed by atoms with Crippen LogP contribution in [0.15, 0.2) is 10.2 Å². The minimum absolute atomic E-state index is 0.106. The first-order chi connectivity index (χ1) is 29.7. The molecule has 0 aromatic heterocycles. The largest absolute Gasteiger partial charge is 0.377 e. The molecule has 0 aromatic rings. The van der Waals surface area contributed by atoms with Gasteiger partial charge in [-0.1, -0.05) is 177 Å². The molecule has 350 valence electrons. The van der Waals surface area contributed by atoms with Gasteiger partial charge in [0, 0.05) is 48.8 Å². The topological polar surface area (TPSA) is 193 Å². The number of azide groups is 2. The van der Waals surface area contributed by atoms with Crippen LogP contribution in [0.2, 0.25) is 0 Å². The molecule has 0 aliphatic heterocycles. The Balaban J connectivity index is 3.22. The predicted molar refractivity (Wildman–Crippen MR) is 245 cm³/mol. The van der Waals surface area contributed by atoms with Crippen LogP contribution in [-0.4, -0.2) is 90.8 Å². The lowest BCUT2D eigenvalue weighted by Crippen LogP contribution is -2.27. The maximum absolute atomic E-state index is 12.1. The van der Waals surface area contributed by atoms with Gasteiger partial charge in [-0.25, -0.2) is 0 Å². The van der Waals surface area contributed by atoms with E-state index in [0.29, 0.717) is 91.9 Å². The van der Waals surface area contributed by atoms with Crippen LogP contribution in [0.1, 0.15) is 205 Å². The van der Waals surface area contributed by atoms with Gasteiger partial charge in [0.15, 0.2) is 0 Å². The molecule has 0 aromatic carbocycles. The summed E-state index contributed by atoms with van der Waals surface area (Å²) in [6.07, 6.45) is 38.5. The second-order valence-corrected chi connectivity index (χ2v) is 16.2. The number of unbranched alkanes of at least 4 members (excludes halogenated alkanes) is 28. The van der Waals surface area contributed by atoms with Crippen molar-refractivity contribution in [3.05, 3.63) is 20.9 Å². The van der Waals surface area contributed by atoms with E-state index in [4.69, 9.17) is 30.0 Å². The third-order valence-corrected chi connectivity index (χ3v) is 10.7. The van der Waals surface area contributed by atoms with Gasteiger partial charge >= 0.3 is 0 Å². The number of nitrogens with zero attached hydrogens (tertiary/aromatic N) is 6. The van der Waals surface area contributed by atoms with Crippen molar-refractivity contribution in [1.29, 1.82) is 0 Å². The standard InChI is InChI=1S/C46H90N8O6/c47-53-51-33-29-25-21-17-13-9-5-1-3-7-11-15-19-23-27-31-45(55)49-35-37-57-39-41-59-43-44-60-42-40-58-38-36-50-46(56)32-28-24-20-16-12-8-4-2-6-10-14-18-22-26-30-34-52-54-48/h1-44H2,(H,49,55)(H,50,56). The maximum atomic E-state index is 12.1. The number of ether oxygens (including phenoxy) is 4. The molecule has 0 radical (unpaired) electrons. The van der Waals surface area contributed by atoms with Gasteiger partial charge in [-0.3, -0.25) is 9.59 Å². The zero-order valence-corrected chi connectivity index (χ0v) is 38.2. The van der Waals surface area contributed by atoms with E-state index in [2.05, 4.69) is 30.7 Å². The third kappa shape index (κ3) is 51.5. The van der Waals surface area contributed by atoms with Crippen LogP contribution >= 0.6 is 0 Å². The monoisotopic (exact) mass is 851 g/mol. The van der Waals surface area contributed by atoms with Crippen molar-refractivity contribution in [3.63, 3.8) is 0 Å². The molecule has 0 saturated heterocycles. The summed E-state index contributed by atoms with van der Waals surface area (Å²) < 4.78 is 22.2. The lowest BCUT2D eigenvalue weighted by Gasteiger charge is -2.09. The fourth-order valence-corrected chi connectivity index (χ4v) is 7.09. The first-order valence-corrected chi connectivity index (χ1v) is 24.6. The number of carbonyl (C=O) groups is 2. The highest BCUT2D eigenvalue weighted by Gasteiger charge is 2.03. The van der Waals surface area contributed by atoms with E-state index >= 15 is 0 Å². The first-order valence-electron chi connectivity index (χ1n) is 24.6. The predicted octanol–water partition coefficient (Wildman–Crippen LogP) is 12.4. The number of hydrogen-bond acceptors (Lipinski definition) is 8. The van der Waals surface area contributed by atoms with E-state index < -0.39 is 0 Å². The summed E-state index contributed by atoms with van der Waals surface area (Å²) in [7, 11) is 0. The average Bonchev–Trinajstić information content (AvgIpc) is 3.25. The summed E-state index contributed by atoms with van der Waals surface area (Å²) in [5, 5.41) is 13.0. The Morgan fingerprint density at radius 3 is 0.800 bits per heavy atom. The van der Waals surface area contributed by atoms with Gasteiger partial charge in [0.25, 0.3) is 0 Å². The number of hydrogen-bond donors (Lipinski definition) is 2. The fourth-order valence-electron chi connectivity index (χ4n) is 7.09. The molecule has 2 amide bonds. The zero-order valence-electron chi connectivity index (χ0n) is 38.2. The van der Waals surface area contributed by atoms with Crippen LogP contribution in [0.3, 0.4) is 0 Å². The highest BCUT2D eigenvalue weighted by molar-refractivity contribution is 5.76. The van der Waals surface area contributed by atoms with E-state index in [1.807, 2.05) is 0 Å². The highest BCUT2D eigenvalue weighted by atomic mass is 16.6. The van der Waals surface area contributed by atoms with E-state index in [9.17, 15) is 9.59 Å². The maximum Gasteiger partial charge on any atom is 0.220 e. The third-order valence-electron chi connectivity index (χ3n) is 10.7. The van der Waals surface area contributed by atoms with Gasteiger partial charge in [0.05, 0.1) is 52.9 Å². The molecule has 0 rings (SSSR count). The van der Waals surface area contributed by atoms with Crippen LogP contribution in [-0.2, 0) is 28.5 Å². The smallest absolute Gasteiger partial charge is 0.220 e. The van der Waals surface area contributed by atoms with E-state index in [1.165, 1.54) is 154 Å². The van der Waals surface area contributed by atoms with Gasteiger partial charge in [-0.05, 0) is 36.7 Å². The second-order valence-electron chi connectivity index (χ2n) is 16.2. The van der Waals surface area contributed by atoms with Gasteiger partial charge in [0.1, 0.15) is 0 Å². The minimum atomic E-state index is 0.106. The Morgan fingerprint density at radius 2 is 0.550 bits per heavy atom. The molecule has 60 heavy (non-hydrogen) atoms. The van der Waals surface area contributed by atoms with E-state index in [0.717, 1.165) is 38.5 Å². The number of rotatable bonds is 51. The van der Waals surface area contributed by atoms with Crippen molar-refractivity contribution >= 4 is 11.8 Å². The molecule has 0 heterocycles. The lowest BCUT2D eigenvalue weighted by atomic mass is 10.0. The minimum Gasteiger partial charge on any atom is -0.377 e. The Bertz CT molecular complexity index is 935. The molecule has 0 unspecified atom stereocenters. The normalized spacial score (nSPS) is 11.0. The van der Waals surface area contributed by atoms with Gasteiger partial charge < -0.3 is 29.6 Å². The first kappa shape index (κ1) is 57.4. The van der Waals surface area contributed by atoms with Crippen molar-refractivity contribution < 1.29 is 28.5 Å². The molecule has 14 nitrogen and oxygen atoms in total. The van der Waals surface area contributed by atoms with Crippen LogP contribution in [0, 0.1) is 0 Å². The molecule has 14 heteroatoms. The fraction of sp³-hybridized carbons (Fsp3) is 0.957. The Hall–Kier alpha value is -2.60. The van der Waals surface area contributed by atoms with Crippen LogP contribution in [0.25, 0.3) is 20.9 Å². The molecular weight excluding hydrogens is 761 g/mol. The Morgan fingerprint density at radius 1 is 0.333 bits per heavy atom. The second kappa shape index (κ2) is 52.5. The molecule has 0 saturated carbocycles. The Kier molecular flexibility index (Phi) is 50.3. The van der Waals surface area contributed by atoms with Crippen molar-refractivity contribution in [2.75, 3.05) is 79.0 Å². The summed E-state index contributed by atoms with van der Waals surface area (Å²) >= 11 is 0. The molecule has 0 atom stereocenters. The van der Waals surface area contributed by atoms with Crippen molar-refractivity contribution in [2.45, 2.75) is 205 Å². The van der Waals surface area contributed by atoms with Crippen LogP contribution in [0.4, 0.5) is 0 Å². The van der Waals surface area contributed by atoms with Gasteiger partial charge in [-0.15, -0.1) is 0 Å². The molecule has 0 aliphatic carbocycles. The summed E-state index contributed by atoms with van der Waals surface area (Å²) in [6, 6.07) is 0. The lowest BCUT2D eigenvalue weighted by molar-refractivity contribution is -0.122. The van der Waals surface area contributed by atoms with Crippen molar-refractivity contribution in [1.82, 2.24) is 10.6 Å². The zero-order chi connectivity index (χ0) is 43.3. The van der Waals surface area contributed by atoms with Gasteiger partial charge in [-0.2, -0.15) is 0 Å². The summed E-state index contributed by atoms with van der Waals surface area (Å²) in [4.78, 5) is 29.7. The van der Waals surface area contributed by atoms with Crippen LogP contribution in [0.5, 0.6) is 0 Å². The average molecular weight is 851 g/mol.